The van der Waals surface area contributed by atoms with E-state index in [1.807, 2.05) is 0 Å². The number of aromatic carboxylic acids is 1. The Kier molecular flexibility index (Phi) is 3.41. The van der Waals surface area contributed by atoms with Crippen LogP contribution in [0.1, 0.15) is 10.5 Å². The highest BCUT2D eigenvalue weighted by Gasteiger charge is 2.19. The minimum absolute atomic E-state index is 0.126. The molecule has 0 amide bonds. The van der Waals surface area contributed by atoms with Crippen molar-refractivity contribution >= 4 is 28.5 Å². The zero-order valence-electron chi connectivity index (χ0n) is 10.7. The van der Waals surface area contributed by atoms with Crippen LogP contribution in [-0.4, -0.2) is 21.3 Å². The molecule has 6 heteroatoms. The average Bonchev–Trinajstić information content (AvgIpc) is 2.49. The van der Waals surface area contributed by atoms with Crippen molar-refractivity contribution in [2.75, 3.05) is 0 Å². The standard InChI is InChI=1S/C15H9ClN2O3/c16-10-6-2-4-8-12(10)21-14-9-5-1-3-7-11(9)17-18-13(14)15(19)20/h1-8H,(H,19,20). The van der Waals surface area contributed by atoms with Gasteiger partial charge in [-0.15, -0.1) is 10.2 Å². The molecule has 3 rings (SSSR count). The summed E-state index contributed by atoms with van der Waals surface area (Å²) in [5, 5.41) is 17.8. The summed E-state index contributed by atoms with van der Waals surface area (Å²) >= 11 is 6.05. The lowest BCUT2D eigenvalue weighted by Crippen LogP contribution is -2.06. The fourth-order valence-corrected chi connectivity index (χ4v) is 2.08. The summed E-state index contributed by atoms with van der Waals surface area (Å²) in [4.78, 5) is 11.3. The van der Waals surface area contributed by atoms with Crippen molar-refractivity contribution in [3.05, 3.63) is 59.2 Å². The Morgan fingerprint density at radius 2 is 1.76 bits per heavy atom. The lowest BCUT2D eigenvalue weighted by molar-refractivity contribution is 0.0686. The van der Waals surface area contributed by atoms with Gasteiger partial charge in [-0.25, -0.2) is 4.79 Å². The highest BCUT2D eigenvalue weighted by molar-refractivity contribution is 6.32. The lowest BCUT2D eigenvalue weighted by Gasteiger charge is -2.11. The van der Waals surface area contributed by atoms with Gasteiger partial charge in [0.05, 0.1) is 10.5 Å². The number of nitrogens with zero attached hydrogens (tertiary/aromatic N) is 2. The predicted octanol–water partition coefficient (Wildman–Crippen LogP) is 3.77. The van der Waals surface area contributed by atoms with E-state index in [9.17, 15) is 9.90 Å². The van der Waals surface area contributed by atoms with Gasteiger partial charge < -0.3 is 9.84 Å². The van der Waals surface area contributed by atoms with Gasteiger partial charge in [-0.05, 0) is 24.3 Å². The number of para-hydroxylation sites is 1. The van der Waals surface area contributed by atoms with Crippen LogP contribution in [0.25, 0.3) is 10.9 Å². The van der Waals surface area contributed by atoms with Crippen LogP contribution in [0.2, 0.25) is 5.02 Å². The van der Waals surface area contributed by atoms with Gasteiger partial charge in [0.25, 0.3) is 0 Å². The maximum atomic E-state index is 11.3. The molecule has 0 aliphatic rings. The van der Waals surface area contributed by atoms with Gasteiger partial charge >= 0.3 is 5.97 Å². The third-order valence-electron chi connectivity index (χ3n) is 2.87. The number of aromatic nitrogens is 2. The van der Waals surface area contributed by atoms with Crippen LogP contribution in [0.3, 0.4) is 0 Å². The first-order valence-corrected chi connectivity index (χ1v) is 6.45. The van der Waals surface area contributed by atoms with Gasteiger partial charge in [0.1, 0.15) is 5.75 Å². The number of halogens is 1. The van der Waals surface area contributed by atoms with Crippen molar-refractivity contribution < 1.29 is 14.6 Å². The highest BCUT2D eigenvalue weighted by Crippen LogP contribution is 2.34. The van der Waals surface area contributed by atoms with E-state index >= 15 is 0 Å². The van der Waals surface area contributed by atoms with E-state index < -0.39 is 5.97 Å². The quantitative estimate of drug-likeness (QED) is 0.797. The third kappa shape index (κ3) is 2.51. The number of carboxylic acids is 1. The summed E-state index contributed by atoms with van der Waals surface area (Å²) in [6.07, 6.45) is 0. The second kappa shape index (κ2) is 5.38. The van der Waals surface area contributed by atoms with Gasteiger partial charge in [-0.1, -0.05) is 35.9 Å². The van der Waals surface area contributed by atoms with Crippen molar-refractivity contribution in [2.24, 2.45) is 0 Å². The van der Waals surface area contributed by atoms with Crippen LogP contribution in [0.5, 0.6) is 11.5 Å². The molecule has 0 unspecified atom stereocenters. The Hall–Kier alpha value is -2.66. The maximum Gasteiger partial charge on any atom is 0.360 e. The Bertz CT molecular complexity index is 836. The van der Waals surface area contributed by atoms with Crippen molar-refractivity contribution in [1.29, 1.82) is 0 Å². The van der Waals surface area contributed by atoms with Crippen molar-refractivity contribution in [1.82, 2.24) is 10.2 Å². The Balaban J connectivity index is 2.21. The van der Waals surface area contributed by atoms with E-state index in [0.29, 0.717) is 21.7 Å². The highest BCUT2D eigenvalue weighted by atomic mass is 35.5. The number of benzene rings is 2. The van der Waals surface area contributed by atoms with Crippen LogP contribution in [0.4, 0.5) is 0 Å². The van der Waals surface area contributed by atoms with Crippen molar-refractivity contribution in [3.8, 4) is 11.5 Å². The van der Waals surface area contributed by atoms with E-state index in [1.165, 1.54) is 0 Å². The van der Waals surface area contributed by atoms with Crippen LogP contribution in [0.15, 0.2) is 48.5 Å². The molecule has 0 spiro atoms. The Morgan fingerprint density at radius 3 is 2.52 bits per heavy atom. The number of hydrogen-bond acceptors (Lipinski definition) is 4. The molecule has 2 aromatic carbocycles. The summed E-state index contributed by atoms with van der Waals surface area (Å²) in [6.45, 7) is 0. The molecule has 0 bridgehead atoms. The summed E-state index contributed by atoms with van der Waals surface area (Å²) in [5.41, 5.74) is 0.290. The second-order valence-corrected chi connectivity index (χ2v) is 4.64. The normalized spacial score (nSPS) is 10.5. The number of carbonyl (C=O) groups is 1. The average molecular weight is 301 g/mol. The van der Waals surface area contributed by atoms with Gasteiger partial charge in [0.15, 0.2) is 5.75 Å². The van der Waals surface area contributed by atoms with Gasteiger partial charge in [-0.3, -0.25) is 0 Å². The lowest BCUT2D eigenvalue weighted by atomic mass is 10.2. The molecule has 0 saturated heterocycles. The monoisotopic (exact) mass is 300 g/mol. The number of carboxylic acid groups (broad SMARTS) is 1. The van der Waals surface area contributed by atoms with Crippen LogP contribution >= 0.6 is 11.6 Å². The first-order chi connectivity index (χ1) is 10.2. The molecule has 0 atom stereocenters. The summed E-state index contributed by atoms with van der Waals surface area (Å²) in [6, 6.07) is 13.8. The smallest absolute Gasteiger partial charge is 0.360 e. The first kappa shape index (κ1) is 13.3. The zero-order valence-corrected chi connectivity index (χ0v) is 11.4. The molecule has 0 aliphatic carbocycles. The van der Waals surface area contributed by atoms with E-state index in [2.05, 4.69) is 10.2 Å². The molecule has 21 heavy (non-hydrogen) atoms. The van der Waals surface area contributed by atoms with E-state index in [0.717, 1.165) is 0 Å². The molecule has 1 N–H and O–H groups in total. The number of fused-ring (bicyclic) bond motifs is 1. The fourth-order valence-electron chi connectivity index (χ4n) is 1.91. The molecular weight excluding hydrogens is 292 g/mol. The Morgan fingerprint density at radius 1 is 1.05 bits per heavy atom. The van der Waals surface area contributed by atoms with Gasteiger partial charge in [-0.2, -0.15) is 0 Å². The summed E-state index contributed by atoms with van der Waals surface area (Å²) in [5.74, 6) is -0.726. The molecule has 104 valence electrons. The largest absolute Gasteiger partial charge is 0.476 e. The number of ether oxygens (including phenoxy) is 1. The summed E-state index contributed by atoms with van der Waals surface area (Å²) < 4.78 is 5.70. The number of rotatable bonds is 3. The minimum atomic E-state index is -1.21. The minimum Gasteiger partial charge on any atom is -0.476 e. The second-order valence-electron chi connectivity index (χ2n) is 4.23. The van der Waals surface area contributed by atoms with Gasteiger partial charge in [0, 0.05) is 5.39 Å². The zero-order chi connectivity index (χ0) is 14.8. The first-order valence-electron chi connectivity index (χ1n) is 6.08. The third-order valence-corrected chi connectivity index (χ3v) is 3.18. The van der Waals surface area contributed by atoms with Crippen LogP contribution in [-0.2, 0) is 0 Å². The van der Waals surface area contributed by atoms with Crippen molar-refractivity contribution in [3.63, 3.8) is 0 Å². The molecule has 1 aromatic heterocycles. The SMILES string of the molecule is O=C(O)c1nnc2ccccc2c1Oc1ccccc1Cl. The summed E-state index contributed by atoms with van der Waals surface area (Å²) in [7, 11) is 0. The predicted molar refractivity (Wildman–Crippen MR) is 78.0 cm³/mol. The molecule has 0 fully saturated rings. The van der Waals surface area contributed by atoms with Crippen LogP contribution in [0, 0.1) is 0 Å². The maximum absolute atomic E-state index is 11.3. The van der Waals surface area contributed by atoms with E-state index in [1.54, 1.807) is 48.5 Å². The van der Waals surface area contributed by atoms with E-state index in [-0.39, 0.29) is 11.4 Å². The fraction of sp³-hybridized carbons (Fsp3) is 0. The molecule has 0 saturated carbocycles. The Labute approximate surface area is 124 Å². The van der Waals surface area contributed by atoms with E-state index in [4.69, 9.17) is 16.3 Å². The molecule has 0 radical (unpaired) electrons. The molecule has 1 heterocycles. The van der Waals surface area contributed by atoms with Crippen molar-refractivity contribution in [2.45, 2.75) is 0 Å². The molecule has 5 nitrogen and oxygen atoms in total. The molecular formula is C15H9ClN2O3. The molecule has 0 aliphatic heterocycles. The van der Waals surface area contributed by atoms with Gasteiger partial charge in [0.2, 0.25) is 5.69 Å². The molecule has 3 aromatic rings. The topological polar surface area (TPSA) is 72.3 Å². The number of hydrogen-bond donors (Lipinski definition) is 1. The van der Waals surface area contributed by atoms with Crippen LogP contribution < -0.4 is 4.74 Å².